The van der Waals surface area contributed by atoms with Crippen LogP contribution in [0.1, 0.15) is 5.76 Å². The maximum atomic E-state index is 11.6. The Bertz CT molecular complexity index is 706. The van der Waals surface area contributed by atoms with Gasteiger partial charge >= 0.3 is 5.63 Å². The topological polar surface area (TPSA) is 34.6 Å². The highest BCUT2D eigenvalue weighted by Gasteiger charge is 2.06. The Morgan fingerprint density at radius 1 is 1.20 bits per heavy atom. The highest BCUT2D eigenvalue weighted by Crippen LogP contribution is 2.17. The van der Waals surface area contributed by atoms with Crippen LogP contribution in [-0.4, -0.2) is 4.40 Å². The predicted octanol–water partition coefficient (Wildman–Crippen LogP) is 2.35. The summed E-state index contributed by atoms with van der Waals surface area (Å²) in [6, 6.07) is 9.73. The molecule has 0 fully saturated rings. The summed E-state index contributed by atoms with van der Waals surface area (Å²) in [7, 11) is 0. The van der Waals surface area contributed by atoms with Crippen LogP contribution in [0.15, 0.2) is 45.7 Å². The first-order chi connectivity index (χ1) is 7.25. The molecule has 3 heteroatoms. The van der Waals surface area contributed by atoms with E-state index in [1.54, 1.807) is 6.92 Å². The number of benzene rings is 1. The number of hydrogen-bond acceptors (Lipinski definition) is 2. The fourth-order valence-corrected chi connectivity index (χ4v) is 1.88. The van der Waals surface area contributed by atoms with E-state index in [1.807, 2.05) is 40.9 Å². The molecule has 1 aromatic carbocycles. The number of para-hydroxylation sites is 1. The quantitative estimate of drug-likeness (QED) is 0.557. The number of fused-ring (bicyclic) bond motifs is 3. The van der Waals surface area contributed by atoms with E-state index >= 15 is 0 Å². The molecule has 0 spiro atoms. The summed E-state index contributed by atoms with van der Waals surface area (Å²) >= 11 is 0. The molecule has 15 heavy (non-hydrogen) atoms. The zero-order chi connectivity index (χ0) is 10.4. The van der Waals surface area contributed by atoms with Gasteiger partial charge in [0.15, 0.2) is 0 Å². The predicted molar refractivity (Wildman–Crippen MR) is 58.2 cm³/mol. The maximum Gasteiger partial charge on any atom is 0.360 e. The molecular formula is C12H9NO2. The van der Waals surface area contributed by atoms with Crippen molar-refractivity contribution < 1.29 is 4.42 Å². The van der Waals surface area contributed by atoms with Gasteiger partial charge < -0.3 is 8.82 Å². The van der Waals surface area contributed by atoms with Crippen molar-refractivity contribution in [3.63, 3.8) is 0 Å². The van der Waals surface area contributed by atoms with Crippen LogP contribution < -0.4 is 5.63 Å². The van der Waals surface area contributed by atoms with Gasteiger partial charge in [0, 0.05) is 11.6 Å². The molecule has 0 aliphatic rings. The molecule has 0 unspecified atom stereocenters. The summed E-state index contributed by atoms with van der Waals surface area (Å²) in [5, 5.41) is 1.05. The first-order valence-electron chi connectivity index (χ1n) is 4.76. The normalized spacial score (nSPS) is 11.3. The van der Waals surface area contributed by atoms with Crippen molar-refractivity contribution in [2.45, 2.75) is 6.92 Å². The van der Waals surface area contributed by atoms with Gasteiger partial charge in [0.25, 0.3) is 0 Å². The van der Waals surface area contributed by atoms with Gasteiger partial charge in [0.05, 0.1) is 5.52 Å². The van der Waals surface area contributed by atoms with Crippen molar-refractivity contribution >= 4 is 16.4 Å². The van der Waals surface area contributed by atoms with Gasteiger partial charge in [-0.3, -0.25) is 0 Å². The number of nitrogens with zero attached hydrogens (tertiary/aromatic N) is 1. The average Bonchev–Trinajstić information content (AvgIpc) is 2.57. The third-order valence-corrected chi connectivity index (χ3v) is 2.52. The van der Waals surface area contributed by atoms with E-state index in [4.69, 9.17) is 4.42 Å². The SMILES string of the molecule is Cc1cn2c(cc3ccccc32)c(=O)o1. The fourth-order valence-electron chi connectivity index (χ4n) is 1.88. The van der Waals surface area contributed by atoms with Gasteiger partial charge in [0.2, 0.25) is 0 Å². The van der Waals surface area contributed by atoms with Gasteiger partial charge in [0.1, 0.15) is 11.3 Å². The van der Waals surface area contributed by atoms with Crippen LogP contribution in [0.5, 0.6) is 0 Å². The van der Waals surface area contributed by atoms with Gasteiger partial charge in [-0.2, -0.15) is 0 Å². The first-order valence-corrected chi connectivity index (χ1v) is 4.76. The second-order valence-electron chi connectivity index (χ2n) is 3.59. The standard InChI is InChI=1S/C12H9NO2/c1-8-7-13-10-5-3-2-4-9(10)6-11(13)12(14)15-8/h2-7H,1H3. The fraction of sp³-hybridized carbons (Fsp3) is 0.0833. The molecule has 2 heterocycles. The van der Waals surface area contributed by atoms with Gasteiger partial charge in [-0.15, -0.1) is 0 Å². The lowest BCUT2D eigenvalue weighted by molar-refractivity contribution is 0.479. The lowest BCUT2D eigenvalue weighted by Gasteiger charge is -1.96. The van der Waals surface area contributed by atoms with E-state index in [-0.39, 0.29) is 5.63 Å². The van der Waals surface area contributed by atoms with E-state index in [9.17, 15) is 4.79 Å². The number of aryl methyl sites for hydroxylation is 1. The van der Waals surface area contributed by atoms with Crippen molar-refractivity contribution in [1.29, 1.82) is 0 Å². The van der Waals surface area contributed by atoms with Crippen molar-refractivity contribution in [3.8, 4) is 0 Å². The zero-order valence-corrected chi connectivity index (χ0v) is 8.23. The minimum absolute atomic E-state index is 0.286. The Morgan fingerprint density at radius 3 is 2.87 bits per heavy atom. The smallest absolute Gasteiger partial charge is 0.360 e. The van der Waals surface area contributed by atoms with Gasteiger partial charge in [-0.1, -0.05) is 18.2 Å². The Balaban J connectivity index is 2.67. The van der Waals surface area contributed by atoms with Crippen molar-refractivity contribution in [2.24, 2.45) is 0 Å². The molecule has 0 radical (unpaired) electrons. The maximum absolute atomic E-state index is 11.6. The number of hydrogen-bond donors (Lipinski definition) is 0. The molecule has 3 nitrogen and oxygen atoms in total. The molecule has 74 valence electrons. The molecule has 0 aliphatic carbocycles. The summed E-state index contributed by atoms with van der Waals surface area (Å²) in [5.41, 5.74) is 1.33. The second kappa shape index (κ2) is 2.73. The van der Waals surface area contributed by atoms with E-state index in [0.717, 1.165) is 10.9 Å². The Labute approximate surface area is 85.6 Å². The van der Waals surface area contributed by atoms with Gasteiger partial charge in [-0.05, 0) is 19.1 Å². The molecule has 0 saturated carbocycles. The molecular weight excluding hydrogens is 190 g/mol. The minimum Gasteiger partial charge on any atom is -0.425 e. The number of rotatable bonds is 0. The molecule has 0 aliphatic heterocycles. The van der Waals surface area contributed by atoms with Crippen LogP contribution in [0, 0.1) is 6.92 Å². The molecule has 0 N–H and O–H groups in total. The Morgan fingerprint density at radius 2 is 2.00 bits per heavy atom. The molecule has 0 amide bonds. The van der Waals surface area contributed by atoms with Crippen molar-refractivity contribution in [2.75, 3.05) is 0 Å². The second-order valence-corrected chi connectivity index (χ2v) is 3.59. The van der Waals surface area contributed by atoms with Crippen molar-refractivity contribution in [1.82, 2.24) is 4.40 Å². The molecule has 2 aromatic heterocycles. The highest BCUT2D eigenvalue weighted by molar-refractivity contribution is 5.86. The number of aromatic nitrogens is 1. The van der Waals surface area contributed by atoms with Crippen molar-refractivity contribution in [3.05, 3.63) is 52.7 Å². The minimum atomic E-state index is -0.286. The van der Waals surface area contributed by atoms with Crippen LogP contribution in [-0.2, 0) is 0 Å². The summed E-state index contributed by atoms with van der Waals surface area (Å²) in [6.07, 6.45) is 1.83. The highest BCUT2D eigenvalue weighted by atomic mass is 16.4. The van der Waals surface area contributed by atoms with Crippen LogP contribution in [0.3, 0.4) is 0 Å². The third kappa shape index (κ3) is 1.09. The first kappa shape index (κ1) is 8.29. The molecule has 0 saturated heterocycles. The zero-order valence-electron chi connectivity index (χ0n) is 8.23. The Kier molecular flexibility index (Phi) is 1.51. The third-order valence-electron chi connectivity index (χ3n) is 2.52. The summed E-state index contributed by atoms with van der Waals surface area (Å²) in [4.78, 5) is 11.6. The van der Waals surface area contributed by atoms with E-state index in [0.29, 0.717) is 11.3 Å². The van der Waals surface area contributed by atoms with Crippen LogP contribution in [0.25, 0.3) is 16.4 Å². The van der Waals surface area contributed by atoms with Crippen LogP contribution >= 0.6 is 0 Å². The Hall–Kier alpha value is -2.03. The van der Waals surface area contributed by atoms with Gasteiger partial charge in [-0.25, -0.2) is 4.79 Å². The van der Waals surface area contributed by atoms with Crippen LogP contribution in [0.2, 0.25) is 0 Å². The molecule has 3 rings (SSSR count). The lowest BCUT2D eigenvalue weighted by atomic mass is 10.2. The largest absolute Gasteiger partial charge is 0.425 e. The summed E-state index contributed by atoms with van der Waals surface area (Å²) in [5.74, 6) is 0.619. The summed E-state index contributed by atoms with van der Waals surface area (Å²) < 4.78 is 6.92. The van der Waals surface area contributed by atoms with E-state index in [1.165, 1.54) is 0 Å². The molecule has 0 bridgehead atoms. The average molecular weight is 199 g/mol. The lowest BCUT2D eigenvalue weighted by Crippen LogP contribution is -2.03. The van der Waals surface area contributed by atoms with Crippen LogP contribution in [0.4, 0.5) is 0 Å². The van der Waals surface area contributed by atoms with E-state index < -0.39 is 0 Å². The van der Waals surface area contributed by atoms with E-state index in [2.05, 4.69) is 0 Å². The summed E-state index contributed by atoms with van der Waals surface area (Å²) in [6.45, 7) is 1.77. The molecule has 3 aromatic rings. The monoisotopic (exact) mass is 199 g/mol. The molecule has 0 atom stereocenters.